The molecule has 0 aromatic heterocycles. The number of thioether (sulfide) groups is 1. The predicted octanol–water partition coefficient (Wildman–Crippen LogP) is 3.17. The first-order valence-electron chi connectivity index (χ1n) is 5.61. The summed E-state index contributed by atoms with van der Waals surface area (Å²) in [5.41, 5.74) is -0.429. The van der Waals surface area contributed by atoms with Gasteiger partial charge in [-0.2, -0.15) is 0 Å². The molecule has 4 heteroatoms. The number of carbonyl (C=O) groups is 1. The zero-order valence-electron chi connectivity index (χ0n) is 10.4. The van der Waals surface area contributed by atoms with Gasteiger partial charge in [0.2, 0.25) is 0 Å². The van der Waals surface area contributed by atoms with Crippen molar-refractivity contribution in [2.45, 2.75) is 45.3 Å². The highest BCUT2D eigenvalue weighted by molar-refractivity contribution is 8.01. The highest BCUT2D eigenvalue weighted by atomic mass is 32.2. The number of amides is 1. The van der Waals surface area contributed by atoms with E-state index in [1.165, 1.54) is 12.8 Å². The van der Waals surface area contributed by atoms with Crippen molar-refractivity contribution in [1.82, 2.24) is 5.32 Å². The molecule has 1 aliphatic carbocycles. The molecule has 0 aromatic rings. The topological polar surface area (TPSA) is 38.3 Å². The summed E-state index contributed by atoms with van der Waals surface area (Å²) in [6.07, 6.45) is 6.12. The molecule has 1 unspecified atom stereocenters. The SMILES string of the molecule is CS/C=C/C(NC(=O)OC(C)(C)C)C1CC1. The Morgan fingerprint density at radius 3 is 2.56 bits per heavy atom. The Labute approximate surface area is 102 Å². The molecule has 0 spiro atoms. The Balaban J connectivity index is 2.42. The molecule has 0 aromatic carbocycles. The minimum absolute atomic E-state index is 0.127. The molecule has 1 fully saturated rings. The smallest absolute Gasteiger partial charge is 0.408 e. The summed E-state index contributed by atoms with van der Waals surface area (Å²) in [6, 6.07) is 0.127. The van der Waals surface area contributed by atoms with Crippen molar-refractivity contribution in [3.8, 4) is 0 Å². The molecule has 1 aliphatic rings. The summed E-state index contributed by atoms with van der Waals surface area (Å²) in [7, 11) is 0. The van der Waals surface area contributed by atoms with E-state index in [9.17, 15) is 4.79 Å². The van der Waals surface area contributed by atoms with E-state index in [-0.39, 0.29) is 12.1 Å². The summed E-state index contributed by atoms with van der Waals surface area (Å²) >= 11 is 1.64. The van der Waals surface area contributed by atoms with E-state index in [2.05, 4.69) is 5.32 Å². The Hall–Kier alpha value is -0.640. The van der Waals surface area contributed by atoms with Crippen LogP contribution < -0.4 is 5.32 Å². The second-order valence-corrected chi connectivity index (χ2v) is 5.82. The van der Waals surface area contributed by atoms with Gasteiger partial charge in [0.05, 0.1) is 6.04 Å². The third-order valence-electron chi connectivity index (χ3n) is 2.24. The van der Waals surface area contributed by atoms with E-state index in [1.54, 1.807) is 11.8 Å². The lowest BCUT2D eigenvalue weighted by atomic mass is 10.2. The molecule has 1 N–H and O–H groups in total. The normalized spacial score (nSPS) is 18.5. The first-order valence-corrected chi connectivity index (χ1v) is 6.90. The van der Waals surface area contributed by atoms with Gasteiger partial charge in [0.15, 0.2) is 0 Å². The monoisotopic (exact) mass is 243 g/mol. The second-order valence-electron chi connectivity index (χ2n) is 5.07. The summed E-state index contributed by atoms with van der Waals surface area (Å²) in [5, 5.41) is 4.92. The third-order valence-corrected chi connectivity index (χ3v) is 2.66. The minimum atomic E-state index is -0.429. The van der Waals surface area contributed by atoms with Gasteiger partial charge in [-0.05, 0) is 51.2 Å². The van der Waals surface area contributed by atoms with Gasteiger partial charge < -0.3 is 10.1 Å². The number of nitrogens with one attached hydrogen (secondary N) is 1. The van der Waals surface area contributed by atoms with Crippen molar-refractivity contribution in [3.63, 3.8) is 0 Å². The van der Waals surface area contributed by atoms with Crippen LogP contribution in [0.25, 0.3) is 0 Å². The van der Waals surface area contributed by atoms with Gasteiger partial charge in [0, 0.05) is 0 Å². The van der Waals surface area contributed by atoms with Crippen LogP contribution in [-0.2, 0) is 4.74 Å². The first-order chi connectivity index (χ1) is 7.42. The van der Waals surface area contributed by atoms with E-state index < -0.39 is 5.60 Å². The van der Waals surface area contributed by atoms with Crippen LogP contribution in [0.15, 0.2) is 11.5 Å². The van der Waals surface area contributed by atoms with Gasteiger partial charge in [-0.25, -0.2) is 4.79 Å². The summed E-state index contributed by atoms with van der Waals surface area (Å²) in [5.74, 6) is 0.593. The summed E-state index contributed by atoms with van der Waals surface area (Å²) < 4.78 is 5.24. The van der Waals surface area contributed by atoms with Gasteiger partial charge in [-0.15, -0.1) is 11.8 Å². The number of hydrogen-bond donors (Lipinski definition) is 1. The van der Waals surface area contributed by atoms with Crippen molar-refractivity contribution >= 4 is 17.9 Å². The average Bonchev–Trinajstić information content (AvgIpc) is 2.91. The summed E-state index contributed by atoms with van der Waals surface area (Å²) in [6.45, 7) is 5.61. The Kier molecular flexibility index (Phi) is 4.71. The fourth-order valence-corrected chi connectivity index (χ4v) is 1.71. The average molecular weight is 243 g/mol. The van der Waals surface area contributed by atoms with Gasteiger partial charge in [-0.3, -0.25) is 0 Å². The van der Waals surface area contributed by atoms with Crippen LogP contribution in [0.3, 0.4) is 0 Å². The molecule has 0 heterocycles. The molecule has 1 amide bonds. The molecule has 92 valence electrons. The van der Waals surface area contributed by atoms with E-state index >= 15 is 0 Å². The molecule has 1 rings (SSSR count). The molecular weight excluding hydrogens is 222 g/mol. The molecular formula is C12H21NO2S. The van der Waals surface area contributed by atoms with Crippen molar-refractivity contribution in [3.05, 3.63) is 11.5 Å². The Morgan fingerprint density at radius 1 is 1.50 bits per heavy atom. The van der Waals surface area contributed by atoms with E-state index in [1.807, 2.05) is 38.5 Å². The fourth-order valence-electron chi connectivity index (χ4n) is 1.39. The zero-order valence-corrected chi connectivity index (χ0v) is 11.3. The molecule has 3 nitrogen and oxygen atoms in total. The van der Waals surface area contributed by atoms with Crippen LogP contribution in [0.5, 0.6) is 0 Å². The predicted molar refractivity (Wildman–Crippen MR) is 68.5 cm³/mol. The molecule has 0 saturated heterocycles. The second kappa shape index (κ2) is 5.62. The third kappa shape index (κ3) is 5.45. The van der Waals surface area contributed by atoms with E-state index in [4.69, 9.17) is 4.74 Å². The first kappa shape index (κ1) is 13.4. The van der Waals surface area contributed by atoms with Gasteiger partial charge in [0.1, 0.15) is 5.60 Å². The molecule has 0 bridgehead atoms. The lowest BCUT2D eigenvalue weighted by molar-refractivity contribution is 0.0509. The number of alkyl carbamates (subject to hydrolysis) is 1. The number of carbonyl (C=O) groups excluding carboxylic acids is 1. The maximum atomic E-state index is 11.6. The fraction of sp³-hybridized carbons (Fsp3) is 0.750. The van der Waals surface area contributed by atoms with Crippen LogP contribution >= 0.6 is 11.8 Å². The summed E-state index contributed by atoms with van der Waals surface area (Å²) in [4.78, 5) is 11.6. The highest BCUT2D eigenvalue weighted by Crippen LogP contribution is 2.33. The van der Waals surface area contributed by atoms with Crippen LogP contribution in [0.2, 0.25) is 0 Å². The molecule has 16 heavy (non-hydrogen) atoms. The molecule has 1 atom stereocenters. The van der Waals surface area contributed by atoms with E-state index in [0.29, 0.717) is 5.92 Å². The zero-order chi connectivity index (χ0) is 12.2. The Bertz CT molecular complexity index is 267. The quantitative estimate of drug-likeness (QED) is 0.824. The highest BCUT2D eigenvalue weighted by Gasteiger charge is 2.31. The maximum Gasteiger partial charge on any atom is 0.408 e. The Morgan fingerprint density at radius 2 is 2.12 bits per heavy atom. The van der Waals surface area contributed by atoms with Gasteiger partial charge in [0.25, 0.3) is 0 Å². The maximum absolute atomic E-state index is 11.6. The lowest BCUT2D eigenvalue weighted by Crippen LogP contribution is -2.39. The standard InChI is InChI=1S/C12H21NO2S/c1-12(2,3)15-11(14)13-10(7-8-16-4)9-5-6-9/h7-10H,5-6H2,1-4H3,(H,13,14)/b8-7+. The minimum Gasteiger partial charge on any atom is -0.444 e. The van der Waals surface area contributed by atoms with Crippen molar-refractivity contribution < 1.29 is 9.53 Å². The molecule has 1 saturated carbocycles. The lowest BCUT2D eigenvalue weighted by Gasteiger charge is -2.22. The number of hydrogen-bond acceptors (Lipinski definition) is 3. The largest absolute Gasteiger partial charge is 0.444 e. The van der Waals surface area contributed by atoms with Gasteiger partial charge >= 0.3 is 6.09 Å². The van der Waals surface area contributed by atoms with Crippen molar-refractivity contribution in [2.75, 3.05) is 6.26 Å². The number of ether oxygens (including phenoxy) is 1. The van der Waals surface area contributed by atoms with Crippen LogP contribution in [0, 0.1) is 5.92 Å². The number of rotatable bonds is 4. The molecule has 0 radical (unpaired) electrons. The van der Waals surface area contributed by atoms with E-state index in [0.717, 1.165) is 0 Å². The van der Waals surface area contributed by atoms with Crippen LogP contribution in [-0.4, -0.2) is 24.0 Å². The van der Waals surface area contributed by atoms with Crippen LogP contribution in [0.1, 0.15) is 33.6 Å². The van der Waals surface area contributed by atoms with Gasteiger partial charge in [-0.1, -0.05) is 6.08 Å². The van der Waals surface area contributed by atoms with Crippen LogP contribution in [0.4, 0.5) is 4.79 Å². The van der Waals surface area contributed by atoms with Crippen molar-refractivity contribution in [2.24, 2.45) is 5.92 Å². The molecule has 0 aliphatic heterocycles. The van der Waals surface area contributed by atoms with Crippen molar-refractivity contribution in [1.29, 1.82) is 0 Å².